The van der Waals surface area contributed by atoms with Crippen molar-refractivity contribution in [3.05, 3.63) is 89.5 Å². The van der Waals surface area contributed by atoms with E-state index < -0.39 is 0 Å². The summed E-state index contributed by atoms with van der Waals surface area (Å²) in [4.78, 5) is 0. The van der Waals surface area contributed by atoms with Crippen LogP contribution in [0.25, 0.3) is 0 Å². The molecular formula is C22H20N6O3. The first-order chi connectivity index (χ1) is 15.1. The molecular weight excluding hydrogens is 396 g/mol. The number of aromatic hydroxyl groups is 3. The molecule has 0 saturated heterocycles. The molecule has 0 amide bonds. The average molecular weight is 416 g/mol. The third kappa shape index (κ3) is 6.43. The minimum Gasteiger partial charge on any atom is -0.507 e. The van der Waals surface area contributed by atoms with Gasteiger partial charge in [-0.25, -0.2) is 10.9 Å². The number of nitrogens with one attached hydrogen (secondary N) is 2. The van der Waals surface area contributed by atoms with Crippen molar-refractivity contribution in [1.82, 2.24) is 10.9 Å². The van der Waals surface area contributed by atoms with E-state index >= 15 is 0 Å². The Morgan fingerprint density at radius 1 is 0.581 bits per heavy atom. The summed E-state index contributed by atoms with van der Waals surface area (Å²) in [5, 5.41) is 45.3. The van der Waals surface area contributed by atoms with Gasteiger partial charge in [-0.05, 0) is 36.4 Å². The van der Waals surface area contributed by atoms with Gasteiger partial charge >= 0.3 is 0 Å². The van der Waals surface area contributed by atoms with Gasteiger partial charge in [-0.2, -0.15) is 15.3 Å². The first-order valence-electron chi connectivity index (χ1n) is 9.16. The summed E-state index contributed by atoms with van der Waals surface area (Å²) in [6, 6.07) is 20.1. The maximum atomic E-state index is 9.80. The van der Waals surface area contributed by atoms with E-state index in [1.807, 2.05) is 0 Å². The molecule has 3 aromatic rings. The van der Waals surface area contributed by atoms with Gasteiger partial charge in [-0.15, -0.1) is 5.10 Å². The highest BCUT2D eigenvalue weighted by atomic mass is 16.3. The lowest BCUT2D eigenvalue weighted by Crippen LogP contribution is -2.30. The second-order valence-corrected chi connectivity index (χ2v) is 6.11. The first kappa shape index (κ1) is 21.1. The number of phenolic OH excluding ortho intramolecular Hbond substituents is 3. The molecule has 0 unspecified atom stereocenters. The SMILES string of the molecule is Oc1ccccc1/C=N/N=C(N/N=C/c1ccccc1O)N/N=C/c1ccccc1O. The zero-order valence-electron chi connectivity index (χ0n) is 16.3. The molecule has 0 aromatic heterocycles. The second-order valence-electron chi connectivity index (χ2n) is 6.11. The lowest BCUT2D eigenvalue weighted by Gasteiger charge is -2.03. The molecule has 0 fully saturated rings. The summed E-state index contributed by atoms with van der Waals surface area (Å²) in [7, 11) is 0. The quantitative estimate of drug-likeness (QED) is 0.239. The molecule has 0 aliphatic carbocycles. The van der Waals surface area contributed by atoms with Crippen LogP contribution in [-0.2, 0) is 0 Å². The third-order valence-corrected chi connectivity index (χ3v) is 3.91. The van der Waals surface area contributed by atoms with Crippen LogP contribution in [-0.4, -0.2) is 39.9 Å². The summed E-state index contributed by atoms with van der Waals surface area (Å²) in [5.41, 5.74) is 6.78. The number of benzene rings is 3. The number of guanidine groups is 1. The van der Waals surface area contributed by atoms with E-state index in [-0.39, 0.29) is 23.2 Å². The van der Waals surface area contributed by atoms with Crippen molar-refractivity contribution in [1.29, 1.82) is 0 Å². The fourth-order valence-electron chi connectivity index (χ4n) is 2.33. The van der Waals surface area contributed by atoms with Crippen molar-refractivity contribution in [2.45, 2.75) is 0 Å². The molecule has 0 spiro atoms. The summed E-state index contributed by atoms with van der Waals surface area (Å²) in [5.74, 6) is 0.286. The molecule has 0 aliphatic heterocycles. The van der Waals surface area contributed by atoms with Crippen molar-refractivity contribution in [2.24, 2.45) is 20.4 Å². The van der Waals surface area contributed by atoms with E-state index in [0.29, 0.717) is 16.7 Å². The van der Waals surface area contributed by atoms with Crippen LogP contribution in [0.2, 0.25) is 0 Å². The van der Waals surface area contributed by atoms with E-state index in [1.165, 1.54) is 24.7 Å². The van der Waals surface area contributed by atoms with Crippen LogP contribution in [0.4, 0.5) is 0 Å². The van der Waals surface area contributed by atoms with E-state index in [2.05, 4.69) is 31.3 Å². The molecule has 0 aliphatic rings. The highest BCUT2D eigenvalue weighted by Crippen LogP contribution is 2.14. The standard InChI is InChI=1S/C22H20N6O3/c29-19-10-4-1-7-16(19)13-23-26-22(27-24-14-17-8-2-5-11-20(17)30)28-25-15-18-9-3-6-12-21(18)31/h1-15,29-31H,(H2,26,27,28)/b23-13+,24-14+,25-15+. The predicted molar refractivity (Wildman–Crippen MR) is 121 cm³/mol. The fraction of sp³-hybridized carbons (Fsp3) is 0. The Kier molecular flexibility index (Phi) is 7.31. The van der Waals surface area contributed by atoms with Gasteiger partial charge in [0.25, 0.3) is 5.96 Å². The molecule has 0 bridgehead atoms. The number of phenols is 3. The Labute approximate surface area is 178 Å². The highest BCUT2D eigenvalue weighted by Gasteiger charge is 1.99. The van der Waals surface area contributed by atoms with Gasteiger partial charge in [0.05, 0.1) is 18.6 Å². The third-order valence-electron chi connectivity index (χ3n) is 3.91. The first-order valence-corrected chi connectivity index (χ1v) is 9.16. The molecule has 156 valence electrons. The second kappa shape index (κ2) is 10.8. The molecule has 9 heteroatoms. The van der Waals surface area contributed by atoms with E-state index in [9.17, 15) is 15.3 Å². The molecule has 3 rings (SSSR count). The number of para-hydroxylation sites is 3. The zero-order chi connectivity index (χ0) is 21.9. The lowest BCUT2D eigenvalue weighted by molar-refractivity contribution is 0.474. The van der Waals surface area contributed by atoms with E-state index in [0.717, 1.165) is 0 Å². The van der Waals surface area contributed by atoms with Crippen molar-refractivity contribution >= 4 is 24.6 Å². The summed E-state index contributed by atoms with van der Waals surface area (Å²) < 4.78 is 0. The van der Waals surface area contributed by atoms with Crippen LogP contribution in [0.1, 0.15) is 16.7 Å². The maximum absolute atomic E-state index is 9.80. The Bertz CT molecular complexity index is 1080. The van der Waals surface area contributed by atoms with Crippen LogP contribution in [0, 0.1) is 0 Å². The largest absolute Gasteiger partial charge is 0.507 e. The lowest BCUT2D eigenvalue weighted by atomic mass is 10.2. The molecule has 31 heavy (non-hydrogen) atoms. The van der Waals surface area contributed by atoms with Crippen molar-refractivity contribution in [2.75, 3.05) is 0 Å². The molecule has 0 atom stereocenters. The fourth-order valence-corrected chi connectivity index (χ4v) is 2.33. The molecule has 3 aromatic carbocycles. The topological polar surface area (TPSA) is 134 Å². The molecule has 0 saturated carbocycles. The van der Waals surface area contributed by atoms with Crippen LogP contribution < -0.4 is 10.9 Å². The Morgan fingerprint density at radius 3 is 1.39 bits per heavy atom. The normalized spacial score (nSPS) is 11.2. The maximum Gasteiger partial charge on any atom is 0.257 e. The van der Waals surface area contributed by atoms with Gasteiger partial charge in [0.15, 0.2) is 0 Å². The summed E-state index contributed by atoms with van der Waals surface area (Å²) in [6.07, 6.45) is 4.19. The highest BCUT2D eigenvalue weighted by molar-refractivity contribution is 5.88. The van der Waals surface area contributed by atoms with E-state index in [1.54, 1.807) is 66.7 Å². The summed E-state index contributed by atoms with van der Waals surface area (Å²) >= 11 is 0. The monoisotopic (exact) mass is 416 g/mol. The Hall–Kier alpha value is -4.66. The number of nitrogens with zero attached hydrogens (tertiary/aromatic N) is 4. The average Bonchev–Trinajstić information content (AvgIpc) is 2.77. The number of hydrogen-bond acceptors (Lipinski definition) is 7. The Balaban J connectivity index is 1.75. The van der Waals surface area contributed by atoms with Crippen molar-refractivity contribution < 1.29 is 15.3 Å². The smallest absolute Gasteiger partial charge is 0.257 e. The van der Waals surface area contributed by atoms with Gasteiger partial charge in [0.2, 0.25) is 0 Å². The van der Waals surface area contributed by atoms with Gasteiger partial charge in [-0.1, -0.05) is 36.4 Å². The number of rotatable bonds is 6. The Morgan fingerprint density at radius 2 is 0.968 bits per heavy atom. The molecule has 0 heterocycles. The van der Waals surface area contributed by atoms with Crippen LogP contribution in [0.3, 0.4) is 0 Å². The van der Waals surface area contributed by atoms with Crippen LogP contribution in [0.15, 0.2) is 93.2 Å². The number of hydrogen-bond donors (Lipinski definition) is 5. The molecule has 5 N–H and O–H groups in total. The molecule has 9 nitrogen and oxygen atoms in total. The minimum atomic E-state index is 0.0602. The molecule has 0 radical (unpaired) electrons. The van der Waals surface area contributed by atoms with E-state index in [4.69, 9.17) is 0 Å². The summed E-state index contributed by atoms with van der Waals surface area (Å²) in [6.45, 7) is 0. The van der Waals surface area contributed by atoms with Gasteiger partial charge in [0, 0.05) is 16.7 Å². The minimum absolute atomic E-state index is 0.0602. The van der Waals surface area contributed by atoms with Crippen molar-refractivity contribution in [3.63, 3.8) is 0 Å². The zero-order valence-corrected chi connectivity index (χ0v) is 16.3. The van der Waals surface area contributed by atoms with Crippen molar-refractivity contribution in [3.8, 4) is 17.2 Å². The van der Waals surface area contributed by atoms with Crippen LogP contribution >= 0.6 is 0 Å². The number of hydrazone groups is 2. The van der Waals surface area contributed by atoms with Gasteiger partial charge in [0.1, 0.15) is 17.2 Å². The van der Waals surface area contributed by atoms with Gasteiger partial charge < -0.3 is 15.3 Å². The van der Waals surface area contributed by atoms with Crippen LogP contribution in [0.5, 0.6) is 17.2 Å². The predicted octanol–water partition coefficient (Wildman–Crippen LogP) is 2.74. The van der Waals surface area contributed by atoms with Gasteiger partial charge in [-0.3, -0.25) is 0 Å².